The highest BCUT2D eigenvalue weighted by molar-refractivity contribution is 5.90. The van der Waals surface area contributed by atoms with E-state index in [1.165, 1.54) is 7.11 Å². The Kier molecular flexibility index (Phi) is 6.53. The molecule has 5 rings (SSSR count). The summed E-state index contributed by atoms with van der Waals surface area (Å²) in [6.07, 6.45) is 4.76. The molecule has 35 heavy (non-hydrogen) atoms. The minimum absolute atomic E-state index is 0.0311. The number of hydrogen-bond acceptors (Lipinski definition) is 5. The second-order valence-electron chi connectivity index (χ2n) is 8.86. The zero-order chi connectivity index (χ0) is 24.2. The van der Waals surface area contributed by atoms with Crippen LogP contribution in [0.4, 0.5) is 10.5 Å². The van der Waals surface area contributed by atoms with E-state index in [0.717, 1.165) is 28.8 Å². The van der Waals surface area contributed by atoms with Crippen molar-refractivity contribution in [3.8, 4) is 0 Å². The van der Waals surface area contributed by atoms with E-state index in [1.54, 1.807) is 11.0 Å². The number of nitrogens with one attached hydrogen (secondary N) is 1. The number of carbonyl (C=O) groups excluding carboxylic acids is 2. The van der Waals surface area contributed by atoms with E-state index < -0.39 is 5.97 Å². The van der Waals surface area contributed by atoms with Crippen LogP contribution in [0.25, 0.3) is 6.08 Å². The summed E-state index contributed by atoms with van der Waals surface area (Å²) in [7, 11) is 1.37. The van der Waals surface area contributed by atoms with E-state index in [2.05, 4.69) is 29.6 Å². The number of nitrogens with zero attached hydrogens (tertiary/aromatic N) is 1. The molecule has 0 unspecified atom stereocenters. The molecule has 0 bridgehead atoms. The molecule has 1 fully saturated rings. The lowest BCUT2D eigenvalue weighted by molar-refractivity contribution is 0.0600. The van der Waals surface area contributed by atoms with Gasteiger partial charge in [-0.15, -0.1) is 0 Å². The molecule has 6 nitrogen and oxygen atoms in total. The first-order valence-corrected chi connectivity index (χ1v) is 11.8. The van der Waals surface area contributed by atoms with Crippen molar-refractivity contribution in [2.24, 2.45) is 5.92 Å². The Hall–Kier alpha value is -4.06. The molecule has 1 saturated heterocycles. The molecule has 1 amide bonds. The van der Waals surface area contributed by atoms with E-state index in [1.807, 2.05) is 60.7 Å². The Bertz CT molecular complexity index is 1230. The monoisotopic (exact) mass is 468 g/mol. The smallest absolute Gasteiger partial charge is 0.410 e. The molecule has 0 aromatic heterocycles. The predicted octanol–water partition coefficient (Wildman–Crippen LogP) is 5.68. The molecule has 3 atom stereocenters. The van der Waals surface area contributed by atoms with Crippen LogP contribution in [0.15, 0.2) is 84.9 Å². The van der Waals surface area contributed by atoms with Gasteiger partial charge in [-0.25, -0.2) is 9.59 Å². The van der Waals surface area contributed by atoms with Crippen molar-refractivity contribution in [2.75, 3.05) is 19.0 Å². The molecule has 2 aliphatic heterocycles. The number of rotatable bonds is 5. The van der Waals surface area contributed by atoms with E-state index in [4.69, 9.17) is 9.47 Å². The summed E-state index contributed by atoms with van der Waals surface area (Å²) >= 11 is 0. The van der Waals surface area contributed by atoms with E-state index in [9.17, 15) is 9.59 Å². The molecule has 2 aliphatic rings. The van der Waals surface area contributed by atoms with Gasteiger partial charge in [-0.2, -0.15) is 0 Å². The summed E-state index contributed by atoms with van der Waals surface area (Å²) in [6.45, 7) is 0.806. The fourth-order valence-electron chi connectivity index (χ4n) is 5.04. The van der Waals surface area contributed by atoms with Gasteiger partial charge in [0.05, 0.1) is 18.7 Å². The molecule has 178 valence electrons. The minimum atomic E-state index is -0.397. The van der Waals surface area contributed by atoms with Crippen LogP contribution < -0.4 is 5.32 Å². The third kappa shape index (κ3) is 4.78. The van der Waals surface area contributed by atoms with Crippen LogP contribution in [0.2, 0.25) is 0 Å². The van der Waals surface area contributed by atoms with Crippen molar-refractivity contribution in [1.29, 1.82) is 0 Å². The predicted molar refractivity (Wildman–Crippen MR) is 135 cm³/mol. The SMILES string of the molecule is COC(=O)c1ccc2c(c1)[C@@H]1[C@@H](CCN1C(=O)OCc1ccccc1)[C@H](/C=C/c1ccccc1)N2. The number of esters is 1. The van der Waals surface area contributed by atoms with Gasteiger partial charge in [0.1, 0.15) is 6.61 Å². The number of benzene rings is 3. The Morgan fingerprint density at radius 1 is 1.03 bits per heavy atom. The van der Waals surface area contributed by atoms with Gasteiger partial charge in [-0.3, -0.25) is 0 Å². The third-order valence-corrected chi connectivity index (χ3v) is 6.75. The van der Waals surface area contributed by atoms with Crippen LogP contribution in [-0.4, -0.2) is 36.7 Å². The summed E-state index contributed by atoms with van der Waals surface area (Å²) in [6, 6.07) is 25.1. The minimum Gasteiger partial charge on any atom is -0.465 e. The second-order valence-corrected chi connectivity index (χ2v) is 8.86. The molecule has 1 N–H and O–H groups in total. The standard InChI is InChI=1S/C29H28N2O4/c1-34-28(32)22-13-15-26-24(18-22)27-23(25(30-26)14-12-20-8-4-2-5-9-20)16-17-31(27)29(33)35-19-21-10-6-3-7-11-21/h2-15,18,23,25,27,30H,16-17,19H2,1H3/b14-12+/t23-,25-,27-/m0/s1. The van der Waals surface area contributed by atoms with Crippen molar-refractivity contribution in [3.05, 3.63) is 107 Å². The number of methoxy groups -OCH3 is 1. The van der Waals surface area contributed by atoms with Crippen LogP contribution in [0.3, 0.4) is 0 Å². The van der Waals surface area contributed by atoms with Crippen LogP contribution in [0.5, 0.6) is 0 Å². The van der Waals surface area contributed by atoms with Gasteiger partial charge in [-0.05, 0) is 41.3 Å². The zero-order valence-electron chi connectivity index (χ0n) is 19.6. The lowest BCUT2D eigenvalue weighted by Gasteiger charge is -2.38. The molecular weight excluding hydrogens is 440 g/mol. The van der Waals surface area contributed by atoms with Crippen molar-refractivity contribution in [1.82, 2.24) is 4.90 Å². The maximum Gasteiger partial charge on any atom is 0.410 e. The van der Waals surface area contributed by atoms with Gasteiger partial charge >= 0.3 is 12.1 Å². The lowest BCUT2D eigenvalue weighted by atomic mass is 9.82. The second kappa shape index (κ2) is 10.1. The van der Waals surface area contributed by atoms with Crippen molar-refractivity contribution < 1.29 is 19.1 Å². The quantitative estimate of drug-likeness (QED) is 0.488. The van der Waals surface area contributed by atoms with Gasteiger partial charge in [0.25, 0.3) is 0 Å². The van der Waals surface area contributed by atoms with E-state index in [-0.39, 0.29) is 30.7 Å². The van der Waals surface area contributed by atoms with E-state index in [0.29, 0.717) is 12.1 Å². The number of hydrogen-bond donors (Lipinski definition) is 1. The molecule has 0 aliphatic carbocycles. The molecule has 3 aromatic rings. The molecule has 0 spiro atoms. The first kappa shape index (κ1) is 22.7. The first-order chi connectivity index (χ1) is 17.1. The van der Waals surface area contributed by atoms with Crippen molar-refractivity contribution in [3.63, 3.8) is 0 Å². The third-order valence-electron chi connectivity index (χ3n) is 6.75. The molecule has 0 radical (unpaired) electrons. The Labute approximate surface area is 205 Å². The fraction of sp³-hybridized carbons (Fsp3) is 0.241. The van der Waals surface area contributed by atoms with Crippen LogP contribution in [0, 0.1) is 5.92 Å². The van der Waals surface area contributed by atoms with Crippen LogP contribution in [0.1, 0.15) is 39.5 Å². The Morgan fingerprint density at radius 2 is 1.77 bits per heavy atom. The maximum atomic E-state index is 13.2. The topological polar surface area (TPSA) is 67.9 Å². The molecular formula is C29H28N2O4. The average Bonchev–Trinajstić information content (AvgIpc) is 3.37. The summed E-state index contributed by atoms with van der Waals surface area (Å²) in [5.41, 5.74) is 4.35. The van der Waals surface area contributed by atoms with Crippen molar-refractivity contribution >= 4 is 23.8 Å². The van der Waals surface area contributed by atoms with E-state index >= 15 is 0 Å². The highest BCUT2D eigenvalue weighted by Gasteiger charge is 2.46. The summed E-state index contributed by atoms with van der Waals surface area (Å²) in [4.78, 5) is 27.3. The number of carbonyl (C=O) groups is 2. The van der Waals surface area contributed by atoms with Gasteiger partial charge in [0, 0.05) is 24.2 Å². The number of likely N-dealkylation sites (tertiary alicyclic amines) is 1. The first-order valence-electron chi connectivity index (χ1n) is 11.8. The number of anilines is 1. The zero-order valence-corrected chi connectivity index (χ0v) is 19.6. The number of amides is 1. The largest absolute Gasteiger partial charge is 0.465 e. The van der Waals surface area contributed by atoms with Gasteiger partial charge in [0.15, 0.2) is 0 Å². The normalized spacial score (nSPS) is 20.6. The van der Waals surface area contributed by atoms with Gasteiger partial charge < -0.3 is 19.7 Å². The molecule has 2 heterocycles. The van der Waals surface area contributed by atoms with Gasteiger partial charge in [-0.1, -0.05) is 72.8 Å². The molecule has 6 heteroatoms. The average molecular weight is 469 g/mol. The Morgan fingerprint density at radius 3 is 2.51 bits per heavy atom. The Balaban J connectivity index is 1.44. The van der Waals surface area contributed by atoms with Crippen LogP contribution in [-0.2, 0) is 16.1 Å². The number of fused-ring (bicyclic) bond motifs is 3. The molecule has 0 saturated carbocycles. The number of ether oxygens (including phenoxy) is 2. The molecule has 3 aromatic carbocycles. The highest BCUT2D eigenvalue weighted by atomic mass is 16.6. The fourth-order valence-corrected chi connectivity index (χ4v) is 5.04. The highest BCUT2D eigenvalue weighted by Crippen LogP contribution is 2.47. The lowest BCUT2D eigenvalue weighted by Crippen LogP contribution is -2.40. The summed E-state index contributed by atoms with van der Waals surface area (Å²) in [5.74, 6) is -0.258. The van der Waals surface area contributed by atoms with Crippen LogP contribution >= 0.6 is 0 Å². The van der Waals surface area contributed by atoms with Gasteiger partial charge in [0.2, 0.25) is 0 Å². The summed E-state index contributed by atoms with van der Waals surface area (Å²) in [5, 5.41) is 3.62. The van der Waals surface area contributed by atoms with Crippen molar-refractivity contribution in [2.45, 2.75) is 25.1 Å². The summed E-state index contributed by atoms with van der Waals surface area (Å²) < 4.78 is 10.6. The maximum absolute atomic E-state index is 13.2.